The highest BCUT2D eigenvalue weighted by Crippen LogP contribution is 2.21. The van der Waals surface area contributed by atoms with Gasteiger partial charge in [0.15, 0.2) is 0 Å². The van der Waals surface area contributed by atoms with Crippen LogP contribution in [-0.4, -0.2) is 36.1 Å². The average molecular weight is 314 g/mol. The number of hydrogen-bond acceptors (Lipinski definition) is 5. The van der Waals surface area contributed by atoms with Gasteiger partial charge in [0.25, 0.3) is 5.91 Å². The SMILES string of the molecule is COCCNC(=O)c1cc(Nc2cc(C)ccc2C)nc(C)n1. The number of methoxy groups -OCH3 is 1. The predicted octanol–water partition coefficient (Wildman–Crippen LogP) is 2.52. The van der Waals surface area contributed by atoms with E-state index in [4.69, 9.17) is 4.74 Å². The third-order valence-corrected chi connectivity index (χ3v) is 3.32. The van der Waals surface area contributed by atoms with Gasteiger partial charge in [-0.2, -0.15) is 0 Å². The number of carbonyl (C=O) groups excluding carboxylic acids is 1. The molecule has 2 N–H and O–H groups in total. The number of benzene rings is 1. The molecule has 0 aliphatic carbocycles. The van der Waals surface area contributed by atoms with Gasteiger partial charge in [-0.25, -0.2) is 9.97 Å². The molecule has 1 heterocycles. The highest BCUT2D eigenvalue weighted by molar-refractivity contribution is 5.93. The van der Waals surface area contributed by atoms with Gasteiger partial charge in [-0.3, -0.25) is 4.79 Å². The summed E-state index contributed by atoms with van der Waals surface area (Å²) in [6.07, 6.45) is 0. The van der Waals surface area contributed by atoms with Gasteiger partial charge in [0.2, 0.25) is 0 Å². The maximum Gasteiger partial charge on any atom is 0.270 e. The van der Waals surface area contributed by atoms with E-state index < -0.39 is 0 Å². The largest absolute Gasteiger partial charge is 0.383 e. The van der Waals surface area contributed by atoms with Crippen LogP contribution in [0.1, 0.15) is 27.4 Å². The lowest BCUT2D eigenvalue weighted by atomic mass is 10.1. The molecule has 1 aromatic carbocycles. The third-order valence-electron chi connectivity index (χ3n) is 3.32. The van der Waals surface area contributed by atoms with Crippen molar-refractivity contribution in [2.75, 3.05) is 25.6 Å². The van der Waals surface area contributed by atoms with E-state index >= 15 is 0 Å². The Labute approximate surface area is 136 Å². The van der Waals surface area contributed by atoms with E-state index in [1.165, 1.54) is 0 Å². The van der Waals surface area contributed by atoms with Crippen LogP contribution in [0.3, 0.4) is 0 Å². The van der Waals surface area contributed by atoms with E-state index in [9.17, 15) is 4.79 Å². The number of ether oxygens (including phenoxy) is 1. The summed E-state index contributed by atoms with van der Waals surface area (Å²) in [6, 6.07) is 7.80. The first-order chi connectivity index (χ1) is 11.0. The van der Waals surface area contributed by atoms with Gasteiger partial charge in [0.1, 0.15) is 17.3 Å². The van der Waals surface area contributed by atoms with Crippen LogP contribution in [0.5, 0.6) is 0 Å². The van der Waals surface area contributed by atoms with Gasteiger partial charge in [0.05, 0.1) is 6.61 Å². The summed E-state index contributed by atoms with van der Waals surface area (Å²) in [7, 11) is 1.59. The van der Waals surface area contributed by atoms with Gasteiger partial charge >= 0.3 is 0 Å². The normalized spacial score (nSPS) is 10.4. The fraction of sp³-hybridized carbons (Fsp3) is 0.353. The highest BCUT2D eigenvalue weighted by atomic mass is 16.5. The molecule has 1 amide bonds. The van der Waals surface area contributed by atoms with Crippen LogP contribution in [-0.2, 0) is 4.74 Å². The van der Waals surface area contributed by atoms with Crippen LogP contribution < -0.4 is 10.6 Å². The summed E-state index contributed by atoms with van der Waals surface area (Å²) >= 11 is 0. The number of nitrogens with one attached hydrogen (secondary N) is 2. The van der Waals surface area contributed by atoms with Crippen molar-refractivity contribution in [2.45, 2.75) is 20.8 Å². The molecular formula is C17H22N4O2. The molecule has 0 unspecified atom stereocenters. The minimum Gasteiger partial charge on any atom is -0.383 e. The van der Waals surface area contributed by atoms with Gasteiger partial charge in [0, 0.05) is 25.4 Å². The van der Waals surface area contributed by atoms with E-state index in [-0.39, 0.29) is 5.91 Å². The molecule has 0 atom stereocenters. The van der Waals surface area contributed by atoms with Crippen LogP contribution >= 0.6 is 0 Å². The van der Waals surface area contributed by atoms with Crippen molar-refractivity contribution in [3.8, 4) is 0 Å². The van der Waals surface area contributed by atoms with E-state index in [1.807, 2.05) is 26.0 Å². The molecule has 0 spiro atoms. The summed E-state index contributed by atoms with van der Waals surface area (Å²) in [5.74, 6) is 0.900. The molecule has 0 saturated heterocycles. The maximum absolute atomic E-state index is 12.1. The zero-order valence-corrected chi connectivity index (χ0v) is 13.9. The second kappa shape index (κ2) is 7.69. The standard InChI is InChI=1S/C17H22N4O2/c1-11-5-6-12(2)14(9-11)21-16-10-15(19-13(3)20-16)17(22)18-7-8-23-4/h5-6,9-10H,7-8H2,1-4H3,(H,18,22)(H,19,20,21). The van der Waals surface area contributed by atoms with Crippen molar-refractivity contribution in [1.29, 1.82) is 0 Å². The number of amides is 1. The molecular weight excluding hydrogens is 292 g/mol. The Balaban J connectivity index is 2.20. The molecule has 122 valence electrons. The third kappa shape index (κ3) is 4.75. The summed E-state index contributed by atoms with van der Waals surface area (Å²) in [5, 5.41) is 6.02. The lowest BCUT2D eigenvalue weighted by molar-refractivity contribution is 0.0932. The first kappa shape index (κ1) is 16.9. The van der Waals surface area contributed by atoms with Crippen LogP contribution in [0.2, 0.25) is 0 Å². The molecule has 6 heteroatoms. The monoisotopic (exact) mass is 314 g/mol. The Kier molecular flexibility index (Phi) is 5.65. The zero-order chi connectivity index (χ0) is 16.8. The lowest BCUT2D eigenvalue weighted by Gasteiger charge is -2.11. The second-order valence-corrected chi connectivity index (χ2v) is 5.38. The fourth-order valence-electron chi connectivity index (χ4n) is 2.11. The fourth-order valence-corrected chi connectivity index (χ4v) is 2.11. The van der Waals surface area contributed by atoms with Crippen molar-refractivity contribution in [1.82, 2.24) is 15.3 Å². The molecule has 2 rings (SSSR count). The Morgan fingerprint density at radius 3 is 2.70 bits per heavy atom. The molecule has 2 aromatic rings. The number of nitrogens with zero attached hydrogens (tertiary/aromatic N) is 2. The van der Waals surface area contributed by atoms with Crippen LogP contribution in [0.25, 0.3) is 0 Å². The van der Waals surface area contributed by atoms with Crippen molar-refractivity contribution in [3.05, 3.63) is 46.9 Å². The quantitative estimate of drug-likeness (QED) is 0.801. The van der Waals surface area contributed by atoms with Crippen LogP contribution in [0.15, 0.2) is 24.3 Å². The van der Waals surface area contributed by atoms with Crippen LogP contribution in [0, 0.1) is 20.8 Å². The van der Waals surface area contributed by atoms with E-state index in [0.717, 1.165) is 16.8 Å². The summed E-state index contributed by atoms with van der Waals surface area (Å²) in [6.45, 7) is 6.72. The van der Waals surface area contributed by atoms with Crippen molar-refractivity contribution in [3.63, 3.8) is 0 Å². The van der Waals surface area contributed by atoms with Crippen molar-refractivity contribution >= 4 is 17.4 Å². The Morgan fingerprint density at radius 2 is 1.96 bits per heavy atom. The molecule has 1 aromatic heterocycles. The number of aryl methyl sites for hydroxylation is 3. The second-order valence-electron chi connectivity index (χ2n) is 5.38. The average Bonchev–Trinajstić information content (AvgIpc) is 2.50. The number of anilines is 2. The van der Waals surface area contributed by atoms with Gasteiger partial charge < -0.3 is 15.4 Å². The van der Waals surface area contributed by atoms with Crippen molar-refractivity contribution < 1.29 is 9.53 Å². The minimum absolute atomic E-state index is 0.239. The maximum atomic E-state index is 12.1. The lowest BCUT2D eigenvalue weighted by Crippen LogP contribution is -2.28. The molecule has 0 bridgehead atoms. The zero-order valence-electron chi connectivity index (χ0n) is 13.9. The molecule has 0 saturated carbocycles. The summed E-state index contributed by atoms with van der Waals surface area (Å²) in [5.41, 5.74) is 3.56. The van der Waals surface area contributed by atoms with E-state index in [1.54, 1.807) is 20.1 Å². The predicted molar refractivity (Wildman–Crippen MR) is 90.2 cm³/mol. The van der Waals surface area contributed by atoms with Crippen LogP contribution in [0.4, 0.5) is 11.5 Å². The summed E-state index contributed by atoms with van der Waals surface area (Å²) < 4.78 is 4.92. The highest BCUT2D eigenvalue weighted by Gasteiger charge is 2.11. The van der Waals surface area contributed by atoms with Gasteiger partial charge in [-0.05, 0) is 38.0 Å². The van der Waals surface area contributed by atoms with Crippen molar-refractivity contribution in [2.24, 2.45) is 0 Å². The Bertz CT molecular complexity index is 701. The number of rotatable bonds is 6. The summed E-state index contributed by atoms with van der Waals surface area (Å²) in [4.78, 5) is 20.7. The van der Waals surface area contributed by atoms with E-state index in [2.05, 4.69) is 26.7 Å². The van der Waals surface area contributed by atoms with E-state index in [0.29, 0.717) is 30.5 Å². The first-order valence-corrected chi connectivity index (χ1v) is 7.46. The van der Waals surface area contributed by atoms with Gasteiger partial charge in [-0.15, -0.1) is 0 Å². The molecule has 0 aliphatic rings. The van der Waals surface area contributed by atoms with Gasteiger partial charge in [-0.1, -0.05) is 12.1 Å². The number of aromatic nitrogens is 2. The molecule has 0 radical (unpaired) electrons. The number of carbonyl (C=O) groups is 1. The Morgan fingerprint density at radius 1 is 1.17 bits per heavy atom. The smallest absolute Gasteiger partial charge is 0.270 e. The topological polar surface area (TPSA) is 76.1 Å². The molecule has 0 aliphatic heterocycles. The molecule has 23 heavy (non-hydrogen) atoms. The molecule has 0 fully saturated rings. The molecule has 6 nitrogen and oxygen atoms in total. The number of hydrogen-bond donors (Lipinski definition) is 2. The first-order valence-electron chi connectivity index (χ1n) is 7.46. The minimum atomic E-state index is -0.239. The Hall–Kier alpha value is -2.47.